The van der Waals surface area contributed by atoms with Crippen LogP contribution in [0.15, 0.2) is 22.7 Å². The fourth-order valence-corrected chi connectivity index (χ4v) is 0.932. The van der Waals surface area contributed by atoms with Crippen LogP contribution in [0.5, 0.6) is 0 Å². The van der Waals surface area contributed by atoms with Crippen molar-refractivity contribution in [1.29, 1.82) is 0 Å². The maximum atomic E-state index is 10.3. The third-order valence-corrected chi connectivity index (χ3v) is 1.45. The van der Waals surface area contributed by atoms with Crippen LogP contribution in [-0.2, 0) is 0 Å². The maximum absolute atomic E-state index is 10.3. The Labute approximate surface area is 66.6 Å². The Bertz CT molecular complexity index is 258. The Morgan fingerprint density at radius 2 is 2.30 bits per heavy atom. The van der Waals surface area contributed by atoms with Crippen molar-refractivity contribution in [3.8, 4) is 0 Å². The normalized spacial score (nSPS) is 9.30. The van der Waals surface area contributed by atoms with E-state index >= 15 is 0 Å². The average molecular weight is 200 g/mol. The standard InChI is InChI=1S/C7H4BrO2/c8-6-3-1-2-5(4-6)7(9)10/h1-3H,(H,9,10). The molecule has 1 N–H and O–H groups in total. The van der Waals surface area contributed by atoms with Crippen molar-refractivity contribution in [1.82, 2.24) is 0 Å². The number of hydrogen-bond donors (Lipinski definition) is 1. The second-order valence-electron chi connectivity index (χ2n) is 1.72. The molecule has 3 heteroatoms. The van der Waals surface area contributed by atoms with E-state index in [4.69, 9.17) is 5.11 Å². The molecule has 0 amide bonds. The van der Waals surface area contributed by atoms with Crippen molar-refractivity contribution in [2.24, 2.45) is 0 Å². The van der Waals surface area contributed by atoms with Gasteiger partial charge in [-0.05, 0) is 12.1 Å². The van der Waals surface area contributed by atoms with Gasteiger partial charge < -0.3 is 5.11 Å². The molecule has 0 atom stereocenters. The van der Waals surface area contributed by atoms with E-state index in [0.29, 0.717) is 4.47 Å². The van der Waals surface area contributed by atoms with Crippen LogP contribution in [0.25, 0.3) is 0 Å². The monoisotopic (exact) mass is 199 g/mol. The third kappa shape index (κ3) is 1.57. The van der Waals surface area contributed by atoms with Gasteiger partial charge >= 0.3 is 5.97 Å². The van der Waals surface area contributed by atoms with Gasteiger partial charge in [0.25, 0.3) is 0 Å². The van der Waals surface area contributed by atoms with E-state index in [0.717, 1.165) is 0 Å². The Morgan fingerprint density at radius 1 is 1.60 bits per heavy atom. The van der Waals surface area contributed by atoms with Gasteiger partial charge in [-0.2, -0.15) is 0 Å². The summed E-state index contributed by atoms with van der Waals surface area (Å²) in [5, 5.41) is 8.46. The first-order chi connectivity index (χ1) is 4.70. The first-order valence-corrected chi connectivity index (χ1v) is 3.40. The van der Waals surface area contributed by atoms with Crippen LogP contribution in [0, 0.1) is 6.07 Å². The molecule has 0 aliphatic rings. The van der Waals surface area contributed by atoms with Crippen molar-refractivity contribution < 1.29 is 9.90 Å². The molecule has 0 spiro atoms. The van der Waals surface area contributed by atoms with Crippen LogP contribution in [0.4, 0.5) is 0 Å². The third-order valence-electron chi connectivity index (χ3n) is 0.990. The second-order valence-corrected chi connectivity index (χ2v) is 2.57. The number of halogens is 1. The summed E-state index contributed by atoms with van der Waals surface area (Å²) in [5.41, 5.74) is 0.175. The number of aromatic carboxylic acids is 1. The van der Waals surface area contributed by atoms with Gasteiger partial charge in [-0.15, -0.1) is 0 Å². The van der Waals surface area contributed by atoms with E-state index in [1.165, 1.54) is 6.07 Å². The van der Waals surface area contributed by atoms with Crippen LogP contribution >= 0.6 is 15.9 Å². The molecule has 0 aromatic heterocycles. The number of benzene rings is 1. The Hall–Kier alpha value is -0.830. The highest BCUT2D eigenvalue weighted by molar-refractivity contribution is 9.10. The highest BCUT2D eigenvalue weighted by atomic mass is 79.9. The minimum atomic E-state index is -0.957. The molecular formula is C7H4BrO2. The fourth-order valence-electron chi connectivity index (χ4n) is 0.566. The molecule has 1 radical (unpaired) electrons. The minimum absolute atomic E-state index is 0.175. The topological polar surface area (TPSA) is 37.3 Å². The number of carbonyl (C=O) groups is 1. The molecule has 51 valence electrons. The van der Waals surface area contributed by atoms with E-state index < -0.39 is 5.97 Å². The zero-order valence-corrected chi connectivity index (χ0v) is 6.55. The number of carboxylic acid groups (broad SMARTS) is 1. The van der Waals surface area contributed by atoms with Crippen LogP contribution in [0.1, 0.15) is 10.4 Å². The first-order valence-electron chi connectivity index (χ1n) is 2.61. The lowest BCUT2D eigenvalue weighted by molar-refractivity contribution is 0.0696. The summed E-state index contributed by atoms with van der Waals surface area (Å²) in [6, 6.07) is 7.50. The molecule has 0 aliphatic heterocycles. The summed E-state index contributed by atoms with van der Waals surface area (Å²) >= 11 is 3.11. The molecule has 0 unspecified atom stereocenters. The summed E-state index contributed by atoms with van der Waals surface area (Å²) in [7, 11) is 0. The molecule has 0 bridgehead atoms. The predicted molar refractivity (Wildman–Crippen MR) is 39.9 cm³/mol. The maximum Gasteiger partial charge on any atom is 0.336 e. The van der Waals surface area contributed by atoms with E-state index in [2.05, 4.69) is 22.0 Å². The molecule has 0 heterocycles. The predicted octanol–water partition coefficient (Wildman–Crippen LogP) is 1.95. The smallest absolute Gasteiger partial charge is 0.336 e. The molecule has 0 saturated heterocycles. The van der Waals surface area contributed by atoms with Crippen molar-refractivity contribution in [2.45, 2.75) is 0 Å². The lowest BCUT2D eigenvalue weighted by atomic mass is 10.2. The Kier molecular flexibility index (Phi) is 2.06. The van der Waals surface area contributed by atoms with Gasteiger partial charge in [-0.1, -0.05) is 22.0 Å². The highest BCUT2D eigenvalue weighted by Gasteiger charge is 2.00. The zero-order chi connectivity index (χ0) is 7.56. The van der Waals surface area contributed by atoms with Crippen LogP contribution in [-0.4, -0.2) is 11.1 Å². The molecular weight excluding hydrogens is 196 g/mol. The molecule has 10 heavy (non-hydrogen) atoms. The molecule has 0 saturated carbocycles. The number of carboxylic acids is 1. The van der Waals surface area contributed by atoms with Gasteiger partial charge in [0.05, 0.1) is 5.56 Å². The Morgan fingerprint density at radius 3 is 2.70 bits per heavy atom. The van der Waals surface area contributed by atoms with Gasteiger partial charge in [-0.25, -0.2) is 4.79 Å². The zero-order valence-electron chi connectivity index (χ0n) is 4.97. The van der Waals surface area contributed by atoms with Crippen molar-refractivity contribution in [3.05, 3.63) is 34.3 Å². The Balaban J connectivity index is 3.07. The van der Waals surface area contributed by atoms with Crippen molar-refractivity contribution in [3.63, 3.8) is 0 Å². The lowest BCUT2D eigenvalue weighted by Gasteiger charge is -1.91. The van der Waals surface area contributed by atoms with Gasteiger partial charge in [0.1, 0.15) is 0 Å². The molecule has 0 fully saturated rings. The highest BCUT2D eigenvalue weighted by Crippen LogP contribution is 2.09. The summed E-state index contributed by atoms with van der Waals surface area (Å²) < 4.78 is 0.660. The van der Waals surface area contributed by atoms with Gasteiger partial charge in [-0.3, -0.25) is 0 Å². The summed E-state index contributed by atoms with van der Waals surface area (Å²) in [6.07, 6.45) is 0. The summed E-state index contributed by atoms with van der Waals surface area (Å²) in [4.78, 5) is 10.3. The largest absolute Gasteiger partial charge is 0.478 e. The molecule has 1 aromatic carbocycles. The lowest BCUT2D eigenvalue weighted by Crippen LogP contribution is -1.94. The van der Waals surface area contributed by atoms with E-state index in [-0.39, 0.29) is 5.56 Å². The average Bonchev–Trinajstić information content (AvgIpc) is 1.88. The molecule has 0 aliphatic carbocycles. The first kappa shape index (κ1) is 7.28. The van der Waals surface area contributed by atoms with Gasteiger partial charge in [0.2, 0.25) is 0 Å². The van der Waals surface area contributed by atoms with Crippen LogP contribution < -0.4 is 0 Å². The van der Waals surface area contributed by atoms with Crippen molar-refractivity contribution >= 4 is 21.9 Å². The number of hydrogen-bond acceptors (Lipinski definition) is 1. The van der Waals surface area contributed by atoms with E-state index in [9.17, 15) is 4.79 Å². The van der Waals surface area contributed by atoms with E-state index in [1.807, 2.05) is 0 Å². The van der Waals surface area contributed by atoms with Gasteiger partial charge in [0, 0.05) is 10.5 Å². The SMILES string of the molecule is O=C(O)c1[c]c(Br)ccc1. The quantitative estimate of drug-likeness (QED) is 0.751. The molecule has 1 rings (SSSR count). The minimum Gasteiger partial charge on any atom is -0.478 e. The van der Waals surface area contributed by atoms with Crippen molar-refractivity contribution in [2.75, 3.05) is 0 Å². The van der Waals surface area contributed by atoms with Gasteiger partial charge in [0.15, 0.2) is 0 Å². The second kappa shape index (κ2) is 2.84. The summed E-state index contributed by atoms with van der Waals surface area (Å²) in [5.74, 6) is -0.957. The van der Waals surface area contributed by atoms with Crippen LogP contribution in [0.2, 0.25) is 0 Å². The molecule has 1 aromatic rings. The van der Waals surface area contributed by atoms with Crippen LogP contribution in [0.3, 0.4) is 0 Å². The molecule has 2 nitrogen and oxygen atoms in total. The number of rotatable bonds is 1. The summed E-state index contributed by atoms with van der Waals surface area (Å²) in [6.45, 7) is 0. The van der Waals surface area contributed by atoms with E-state index in [1.54, 1.807) is 12.1 Å². The fraction of sp³-hybridized carbons (Fsp3) is 0.